The number of hydrogen-bond donors (Lipinski definition) is 1. The van der Waals surface area contributed by atoms with Crippen LogP contribution in [0.3, 0.4) is 0 Å². The molecule has 28 heavy (non-hydrogen) atoms. The number of carbonyl (C=O) groups is 3. The van der Waals surface area contributed by atoms with Gasteiger partial charge in [-0.25, -0.2) is 9.59 Å². The van der Waals surface area contributed by atoms with Gasteiger partial charge in [-0.2, -0.15) is 0 Å². The largest absolute Gasteiger partial charge is 0.466 e. The van der Waals surface area contributed by atoms with Crippen LogP contribution in [0.2, 0.25) is 0 Å². The molecule has 0 spiro atoms. The molecule has 2 atom stereocenters. The fourth-order valence-electron chi connectivity index (χ4n) is 2.38. The molecule has 0 saturated heterocycles. The number of alkyl carbamates (subject to hydrolysis) is 1. The standard InChI is InChI=1S/C21H29NO6/c1-6-11-16(18(23)26-7-2)17(19(24)28-21(3,4)5)22-20(25)27-14-15-12-9-8-10-13-15/h6,8-10,12-13,16-17H,1,7,11,14H2,2-5H3,(H,22,25)/t16-,17+/m1/s1. The molecule has 0 fully saturated rings. The van der Waals surface area contributed by atoms with Gasteiger partial charge in [0, 0.05) is 0 Å². The molecule has 0 saturated carbocycles. The van der Waals surface area contributed by atoms with Crippen LogP contribution in [0.1, 0.15) is 39.7 Å². The lowest BCUT2D eigenvalue weighted by atomic mass is 9.95. The molecule has 0 unspecified atom stereocenters. The third-order valence-electron chi connectivity index (χ3n) is 3.56. The van der Waals surface area contributed by atoms with E-state index in [-0.39, 0.29) is 19.6 Å². The molecule has 7 heteroatoms. The Kier molecular flexibility index (Phi) is 9.21. The summed E-state index contributed by atoms with van der Waals surface area (Å²) in [6.07, 6.45) is 0.774. The Bertz CT molecular complexity index is 665. The second-order valence-electron chi connectivity index (χ2n) is 7.10. The summed E-state index contributed by atoms with van der Waals surface area (Å²) in [4.78, 5) is 37.3. The van der Waals surface area contributed by atoms with Crippen molar-refractivity contribution in [3.05, 3.63) is 48.6 Å². The third kappa shape index (κ3) is 8.24. The molecule has 0 aromatic heterocycles. The normalized spacial score (nSPS) is 13.0. The quantitative estimate of drug-likeness (QED) is 0.394. The van der Waals surface area contributed by atoms with Crippen molar-refractivity contribution in [2.45, 2.75) is 52.4 Å². The van der Waals surface area contributed by atoms with Gasteiger partial charge in [-0.1, -0.05) is 36.4 Å². The molecule has 1 amide bonds. The fourth-order valence-corrected chi connectivity index (χ4v) is 2.38. The van der Waals surface area contributed by atoms with E-state index >= 15 is 0 Å². The minimum absolute atomic E-state index is 0.0270. The number of nitrogens with one attached hydrogen (secondary N) is 1. The Morgan fingerprint density at radius 1 is 1.11 bits per heavy atom. The van der Waals surface area contributed by atoms with Crippen LogP contribution in [0.15, 0.2) is 43.0 Å². The first-order valence-electron chi connectivity index (χ1n) is 9.15. The number of allylic oxidation sites excluding steroid dienone is 1. The number of hydrogen-bond acceptors (Lipinski definition) is 6. The first kappa shape index (κ1) is 23.2. The maximum Gasteiger partial charge on any atom is 0.408 e. The van der Waals surface area contributed by atoms with E-state index in [9.17, 15) is 14.4 Å². The van der Waals surface area contributed by atoms with E-state index in [4.69, 9.17) is 14.2 Å². The zero-order chi connectivity index (χ0) is 21.2. The summed E-state index contributed by atoms with van der Waals surface area (Å²) in [5, 5.41) is 2.45. The van der Waals surface area contributed by atoms with Gasteiger partial charge in [-0.3, -0.25) is 4.79 Å². The number of rotatable bonds is 9. The van der Waals surface area contributed by atoms with Gasteiger partial charge in [0.15, 0.2) is 0 Å². The summed E-state index contributed by atoms with van der Waals surface area (Å²) in [6.45, 7) is 10.5. The van der Waals surface area contributed by atoms with E-state index in [1.54, 1.807) is 39.8 Å². The van der Waals surface area contributed by atoms with Crippen molar-refractivity contribution in [3.8, 4) is 0 Å². The lowest BCUT2D eigenvalue weighted by Gasteiger charge is -2.28. The Morgan fingerprint density at radius 3 is 2.29 bits per heavy atom. The maximum atomic E-state index is 12.7. The first-order chi connectivity index (χ1) is 13.2. The van der Waals surface area contributed by atoms with E-state index in [1.807, 2.05) is 18.2 Å². The molecule has 0 aliphatic carbocycles. The number of ether oxygens (including phenoxy) is 3. The number of esters is 2. The van der Waals surface area contributed by atoms with Gasteiger partial charge in [0.2, 0.25) is 0 Å². The zero-order valence-corrected chi connectivity index (χ0v) is 16.9. The highest BCUT2D eigenvalue weighted by Crippen LogP contribution is 2.18. The highest BCUT2D eigenvalue weighted by atomic mass is 16.6. The predicted molar refractivity (Wildman–Crippen MR) is 104 cm³/mol. The van der Waals surface area contributed by atoms with Crippen LogP contribution in [-0.2, 0) is 30.4 Å². The van der Waals surface area contributed by atoms with E-state index in [0.29, 0.717) is 0 Å². The van der Waals surface area contributed by atoms with Crippen molar-refractivity contribution in [1.82, 2.24) is 5.32 Å². The summed E-state index contributed by atoms with van der Waals surface area (Å²) >= 11 is 0. The highest BCUT2D eigenvalue weighted by Gasteiger charge is 2.38. The lowest BCUT2D eigenvalue weighted by molar-refractivity contribution is -0.164. The molecule has 1 N–H and O–H groups in total. The van der Waals surface area contributed by atoms with Crippen LogP contribution < -0.4 is 5.32 Å². The molecule has 1 aromatic carbocycles. The third-order valence-corrected chi connectivity index (χ3v) is 3.56. The van der Waals surface area contributed by atoms with E-state index in [0.717, 1.165) is 5.56 Å². The van der Waals surface area contributed by atoms with Crippen molar-refractivity contribution in [1.29, 1.82) is 0 Å². The van der Waals surface area contributed by atoms with Crippen LogP contribution in [0, 0.1) is 5.92 Å². The number of amides is 1. The summed E-state index contributed by atoms with van der Waals surface area (Å²) in [5.74, 6) is -2.35. The Hall–Kier alpha value is -2.83. The van der Waals surface area contributed by atoms with E-state index < -0.39 is 35.6 Å². The van der Waals surface area contributed by atoms with E-state index in [1.165, 1.54) is 6.08 Å². The second-order valence-corrected chi connectivity index (χ2v) is 7.10. The minimum atomic E-state index is -1.26. The summed E-state index contributed by atoms with van der Waals surface area (Å²) in [5.41, 5.74) is -0.00210. The SMILES string of the molecule is C=CC[C@@H](C(=O)OCC)[C@H](NC(=O)OCc1ccccc1)C(=O)OC(C)(C)C. The van der Waals surface area contributed by atoms with Gasteiger partial charge < -0.3 is 19.5 Å². The summed E-state index contributed by atoms with van der Waals surface area (Å²) in [6, 6.07) is 7.83. The molecule has 1 aromatic rings. The van der Waals surface area contributed by atoms with Crippen LogP contribution in [-0.4, -0.2) is 36.3 Å². The number of benzene rings is 1. The fraction of sp³-hybridized carbons (Fsp3) is 0.476. The van der Waals surface area contributed by atoms with Gasteiger partial charge >= 0.3 is 18.0 Å². The molecule has 0 radical (unpaired) electrons. The van der Waals surface area contributed by atoms with Crippen LogP contribution in [0.5, 0.6) is 0 Å². The molecular formula is C21H29NO6. The molecule has 0 aliphatic rings. The molecule has 7 nitrogen and oxygen atoms in total. The highest BCUT2D eigenvalue weighted by molar-refractivity contribution is 5.88. The van der Waals surface area contributed by atoms with Crippen LogP contribution in [0.25, 0.3) is 0 Å². The van der Waals surface area contributed by atoms with Crippen LogP contribution >= 0.6 is 0 Å². The molecular weight excluding hydrogens is 362 g/mol. The predicted octanol–water partition coefficient (Wildman–Crippen LogP) is 3.38. The van der Waals surface area contributed by atoms with Gasteiger partial charge in [0.1, 0.15) is 18.2 Å². The van der Waals surface area contributed by atoms with Crippen molar-refractivity contribution in [2.24, 2.45) is 5.92 Å². The minimum Gasteiger partial charge on any atom is -0.466 e. The molecule has 0 heterocycles. The molecule has 0 aliphatic heterocycles. The smallest absolute Gasteiger partial charge is 0.408 e. The number of carbonyl (C=O) groups excluding carboxylic acids is 3. The molecule has 0 bridgehead atoms. The Balaban J connectivity index is 2.94. The lowest BCUT2D eigenvalue weighted by Crippen LogP contribution is -2.51. The van der Waals surface area contributed by atoms with E-state index in [2.05, 4.69) is 11.9 Å². The van der Waals surface area contributed by atoms with Crippen molar-refractivity contribution >= 4 is 18.0 Å². The van der Waals surface area contributed by atoms with Gasteiger partial charge in [-0.05, 0) is 39.7 Å². The molecule has 1 rings (SSSR count). The van der Waals surface area contributed by atoms with Gasteiger partial charge in [-0.15, -0.1) is 6.58 Å². The van der Waals surface area contributed by atoms with Gasteiger partial charge in [0.25, 0.3) is 0 Å². The zero-order valence-electron chi connectivity index (χ0n) is 16.9. The second kappa shape index (κ2) is 11.1. The van der Waals surface area contributed by atoms with Gasteiger partial charge in [0.05, 0.1) is 12.5 Å². The van der Waals surface area contributed by atoms with Crippen molar-refractivity contribution in [2.75, 3.05) is 6.61 Å². The average Bonchev–Trinajstić information content (AvgIpc) is 2.62. The Morgan fingerprint density at radius 2 is 1.75 bits per heavy atom. The maximum absolute atomic E-state index is 12.7. The average molecular weight is 391 g/mol. The Labute approximate surface area is 166 Å². The van der Waals surface area contributed by atoms with Crippen molar-refractivity contribution in [3.63, 3.8) is 0 Å². The summed E-state index contributed by atoms with van der Waals surface area (Å²) < 4.78 is 15.6. The topological polar surface area (TPSA) is 90.9 Å². The molecule has 154 valence electrons. The van der Waals surface area contributed by atoms with Crippen molar-refractivity contribution < 1.29 is 28.6 Å². The van der Waals surface area contributed by atoms with Crippen LogP contribution in [0.4, 0.5) is 4.79 Å². The summed E-state index contributed by atoms with van der Waals surface area (Å²) in [7, 11) is 0. The monoisotopic (exact) mass is 391 g/mol. The first-order valence-corrected chi connectivity index (χ1v) is 9.15.